The Labute approximate surface area is 96.5 Å². The quantitative estimate of drug-likeness (QED) is 0.615. The smallest absolute Gasteiger partial charge is 0.241 e. The monoisotopic (exact) mass is 227 g/mol. The lowest BCUT2D eigenvalue weighted by atomic mass is 10.1. The van der Waals surface area contributed by atoms with Crippen LogP contribution in [0, 0.1) is 0 Å². The first-order valence-corrected chi connectivity index (χ1v) is 6.03. The van der Waals surface area contributed by atoms with Gasteiger partial charge in [-0.1, -0.05) is 0 Å². The number of nitrogens with one attached hydrogen (secondary N) is 2. The van der Waals surface area contributed by atoms with E-state index >= 15 is 0 Å². The van der Waals surface area contributed by atoms with Crippen molar-refractivity contribution >= 4 is 5.91 Å². The minimum Gasteiger partial charge on any atom is -0.377 e. The molecule has 0 saturated carbocycles. The van der Waals surface area contributed by atoms with Crippen molar-refractivity contribution in [2.24, 2.45) is 0 Å². The van der Waals surface area contributed by atoms with Crippen LogP contribution >= 0.6 is 0 Å². The fourth-order valence-electron chi connectivity index (χ4n) is 2.21. The van der Waals surface area contributed by atoms with Gasteiger partial charge in [-0.3, -0.25) is 4.79 Å². The topological polar surface area (TPSA) is 53.6 Å². The molecule has 0 bridgehead atoms. The van der Waals surface area contributed by atoms with Crippen molar-refractivity contribution in [2.75, 3.05) is 32.8 Å². The predicted molar refractivity (Wildman–Crippen MR) is 61.2 cm³/mol. The van der Waals surface area contributed by atoms with Crippen LogP contribution in [0.15, 0.2) is 0 Å². The maximum Gasteiger partial charge on any atom is 0.241 e. The molecule has 2 aliphatic heterocycles. The Morgan fingerprint density at radius 2 is 2.12 bits per heavy atom. The van der Waals surface area contributed by atoms with Gasteiger partial charge in [0.2, 0.25) is 5.91 Å². The van der Waals surface area contributed by atoms with Crippen LogP contribution in [0.3, 0.4) is 0 Å². The number of amides is 1. The first kappa shape index (κ1) is 11.8. The van der Waals surface area contributed by atoms with Crippen molar-refractivity contribution in [3.63, 3.8) is 0 Å². The van der Waals surface area contributed by atoms with Crippen molar-refractivity contribution < 1.29 is 9.53 Å². The van der Waals surface area contributed by atoms with Gasteiger partial charge in [0, 0.05) is 25.7 Å². The Bertz CT molecular complexity index is 252. The molecule has 2 fully saturated rings. The molecule has 5 heteroatoms. The summed E-state index contributed by atoms with van der Waals surface area (Å²) in [6.07, 6.45) is 0. The van der Waals surface area contributed by atoms with E-state index in [1.807, 2.05) is 11.8 Å². The third-order valence-electron chi connectivity index (χ3n) is 3.29. The second-order valence-corrected chi connectivity index (χ2v) is 4.73. The first-order valence-electron chi connectivity index (χ1n) is 6.03. The molecule has 0 radical (unpaired) electrons. The molecule has 2 heterocycles. The summed E-state index contributed by atoms with van der Waals surface area (Å²) in [5.74, 6) is 0.204. The van der Waals surface area contributed by atoms with Gasteiger partial charge in [-0.2, -0.15) is 0 Å². The average molecular weight is 227 g/mol. The van der Waals surface area contributed by atoms with Crippen molar-refractivity contribution in [2.45, 2.75) is 32.0 Å². The van der Waals surface area contributed by atoms with Crippen LogP contribution in [-0.2, 0) is 9.53 Å². The molecule has 3 atom stereocenters. The molecule has 92 valence electrons. The van der Waals surface area contributed by atoms with E-state index in [1.54, 1.807) is 0 Å². The predicted octanol–water partition coefficient (Wildman–Crippen LogP) is -0.816. The maximum absolute atomic E-state index is 12.2. The number of rotatable bonds is 1. The van der Waals surface area contributed by atoms with Gasteiger partial charge in [-0.15, -0.1) is 0 Å². The van der Waals surface area contributed by atoms with Gasteiger partial charge in [-0.25, -0.2) is 0 Å². The average Bonchev–Trinajstić information content (AvgIpc) is 2.30. The number of nitrogens with zero attached hydrogens (tertiary/aromatic N) is 1. The highest BCUT2D eigenvalue weighted by Crippen LogP contribution is 2.09. The van der Waals surface area contributed by atoms with Crippen LogP contribution in [0.5, 0.6) is 0 Å². The van der Waals surface area contributed by atoms with Gasteiger partial charge in [0.25, 0.3) is 0 Å². The van der Waals surface area contributed by atoms with Crippen LogP contribution in [-0.4, -0.2) is 61.8 Å². The standard InChI is InChI=1S/C11H21N3O2/c1-8-5-13-10(6-12-8)11(15)14-3-4-16-7-9(14)2/h8-10,12-13H,3-7H2,1-2H3. The second-order valence-electron chi connectivity index (χ2n) is 4.73. The number of piperazine rings is 1. The SMILES string of the molecule is CC1CNC(C(=O)N2CCOCC2C)CN1. The molecular weight excluding hydrogens is 206 g/mol. The summed E-state index contributed by atoms with van der Waals surface area (Å²) in [7, 11) is 0. The van der Waals surface area contributed by atoms with E-state index in [9.17, 15) is 4.79 Å². The highest BCUT2D eigenvalue weighted by Gasteiger charge is 2.31. The normalized spacial score (nSPS) is 36.1. The van der Waals surface area contributed by atoms with E-state index in [4.69, 9.17) is 4.74 Å². The zero-order chi connectivity index (χ0) is 11.5. The highest BCUT2D eigenvalue weighted by molar-refractivity contribution is 5.82. The zero-order valence-electron chi connectivity index (χ0n) is 10.0. The summed E-state index contributed by atoms with van der Waals surface area (Å²) < 4.78 is 5.34. The van der Waals surface area contributed by atoms with Crippen molar-refractivity contribution in [3.05, 3.63) is 0 Å². The lowest BCUT2D eigenvalue weighted by Crippen LogP contribution is -2.61. The number of morpholine rings is 1. The number of carbonyl (C=O) groups is 1. The number of hydrogen-bond donors (Lipinski definition) is 2. The Balaban J connectivity index is 1.90. The fraction of sp³-hybridized carbons (Fsp3) is 0.909. The molecule has 0 aromatic carbocycles. The molecule has 0 aromatic rings. The summed E-state index contributed by atoms with van der Waals surface area (Å²) in [5.41, 5.74) is 0. The van der Waals surface area contributed by atoms with Crippen LogP contribution < -0.4 is 10.6 Å². The Morgan fingerprint density at radius 1 is 1.31 bits per heavy atom. The van der Waals surface area contributed by atoms with E-state index in [0.29, 0.717) is 25.8 Å². The van der Waals surface area contributed by atoms with Gasteiger partial charge in [0.1, 0.15) is 0 Å². The van der Waals surface area contributed by atoms with Crippen molar-refractivity contribution in [3.8, 4) is 0 Å². The lowest BCUT2D eigenvalue weighted by molar-refractivity contribution is -0.141. The molecule has 0 aliphatic carbocycles. The molecular formula is C11H21N3O2. The van der Waals surface area contributed by atoms with Gasteiger partial charge in [-0.05, 0) is 13.8 Å². The molecule has 0 spiro atoms. The van der Waals surface area contributed by atoms with E-state index < -0.39 is 0 Å². The Hall–Kier alpha value is -0.650. The maximum atomic E-state index is 12.2. The summed E-state index contributed by atoms with van der Waals surface area (Å²) in [5, 5.41) is 6.62. The van der Waals surface area contributed by atoms with E-state index in [-0.39, 0.29) is 18.0 Å². The van der Waals surface area contributed by atoms with Crippen molar-refractivity contribution in [1.29, 1.82) is 0 Å². The molecule has 2 rings (SSSR count). The van der Waals surface area contributed by atoms with Gasteiger partial charge in [0.15, 0.2) is 0 Å². The highest BCUT2D eigenvalue weighted by atomic mass is 16.5. The molecule has 1 amide bonds. The fourth-order valence-corrected chi connectivity index (χ4v) is 2.21. The van der Waals surface area contributed by atoms with Crippen LogP contribution in [0.1, 0.15) is 13.8 Å². The number of ether oxygens (including phenoxy) is 1. The minimum atomic E-state index is -0.0725. The molecule has 16 heavy (non-hydrogen) atoms. The molecule has 2 saturated heterocycles. The Morgan fingerprint density at radius 3 is 2.75 bits per heavy atom. The first-order chi connectivity index (χ1) is 7.68. The molecule has 2 N–H and O–H groups in total. The third-order valence-corrected chi connectivity index (χ3v) is 3.29. The van der Waals surface area contributed by atoms with E-state index in [2.05, 4.69) is 17.6 Å². The molecule has 5 nitrogen and oxygen atoms in total. The van der Waals surface area contributed by atoms with Crippen LogP contribution in [0.2, 0.25) is 0 Å². The second kappa shape index (κ2) is 5.12. The van der Waals surface area contributed by atoms with Gasteiger partial charge >= 0.3 is 0 Å². The molecule has 3 unspecified atom stereocenters. The Kier molecular flexibility index (Phi) is 3.78. The van der Waals surface area contributed by atoms with E-state index in [1.165, 1.54) is 0 Å². The number of hydrogen-bond acceptors (Lipinski definition) is 4. The van der Waals surface area contributed by atoms with Crippen LogP contribution in [0.25, 0.3) is 0 Å². The van der Waals surface area contributed by atoms with Crippen LogP contribution in [0.4, 0.5) is 0 Å². The molecule has 0 aromatic heterocycles. The number of carbonyl (C=O) groups excluding carboxylic acids is 1. The third kappa shape index (κ3) is 2.53. The lowest BCUT2D eigenvalue weighted by Gasteiger charge is -2.38. The minimum absolute atomic E-state index is 0.0725. The summed E-state index contributed by atoms with van der Waals surface area (Å²) in [6.45, 7) is 7.77. The summed E-state index contributed by atoms with van der Waals surface area (Å²) in [6, 6.07) is 0.574. The van der Waals surface area contributed by atoms with E-state index in [0.717, 1.165) is 13.1 Å². The van der Waals surface area contributed by atoms with Gasteiger partial charge < -0.3 is 20.3 Å². The largest absolute Gasteiger partial charge is 0.377 e. The summed E-state index contributed by atoms with van der Waals surface area (Å²) in [4.78, 5) is 14.2. The molecule has 2 aliphatic rings. The van der Waals surface area contributed by atoms with Gasteiger partial charge in [0.05, 0.1) is 25.3 Å². The van der Waals surface area contributed by atoms with Crippen molar-refractivity contribution in [1.82, 2.24) is 15.5 Å². The summed E-state index contributed by atoms with van der Waals surface area (Å²) >= 11 is 0. The zero-order valence-corrected chi connectivity index (χ0v) is 10.0.